The van der Waals surface area contributed by atoms with Crippen LogP contribution in [0.2, 0.25) is 0 Å². The Bertz CT molecular complexity index is 1130. The minimum absolute atomic E-state index is 0.00590. The minimum Gasteiger partial charge on any atom is -0.466 e. The van der Waals surface area contributed by atoms with Crippen LogP contribution in [0.4, 0.5) is 0 Å². The van der Waals surface area contributed by atoms with Gasteiger partial charge in [-0.05, 0) is 51.4 Å². The van der Waals surface area contributed by atoms with E-state index < -0.39 is 12.1 Å². The van der Waals surface area contributed by atoms with Gasteiger partial charge in [-0.1, -0.05) is 341 Å². The summed E-state index contributed by atoms with van der Waals surface area (Å²) in [5, 5.41) is 23.4. The highest BCUT2D eigenvalue weighted by molar-refractivity contribution is 5.76. The summed E-state index contributed by atoms with van der Waals surface area (Å²) in [5.41, 5.74) is 0. The lowest BCUT2D eigenvalue weighted by Crippen LogP contribution is -2.45. The summed E-state index contributed by atoms with van der Waals surface area (Å²) in [6, 6.07) is -0.542. The van der Waals surface area contributed by atoms with E-state index in [4.69, 9.17) is 4.74 Å². The maximum Gasteiger partial charge on any atom is 0.305 e. The van der Waals surface area contributed by atoms with E-state index in [0.29, 0.717) is 25.9 Å². The number of carbonyl (C=O) groups is 2. The number of esters is 1. The average Bonchev–Trinajstić information content (AvgIpc) is 3.41. The SMILES string of the molecule is CCCCCCC/C=C\CCCCCCCC(=O)OCCCCCCCCCCCCCCCCCCCCCCCCC(=O)NC(CO)C(O)CCCCCCCCCCCCCCCCCCCCCCCC. The van der Waals surface area contributed by atoms with Crippen molar-refractivity contribution >= 4 is 11.9 Å². The highest BCUT2D eigenvalue weighted by Gasteiger charge is 2.20. The van der Waals surface area contributed by atoms with Gasteiger partial charge in [-0.2, -0.15) is 0 Å². The molecule has 0 aliphatic carbocycles. The molecule has 446 valence electrons. The van der Waals surface area contributed by atoms with E-state index >= 15 is 0 Å². The molecule has 0 aliphatic rings. The highest BCUT2D eigenvalue weighted by atomic mass is 16.5. The quantitative estimate of drug-likeness (QED) is 0.0320. The molecule has 0 rings (SSSR count). The van der Waals surface area contributed by atoms with Crippen molar-refractivity contribution in [3.8, 4) is 0 Å². The molecular formula is C69H135NO5. The Morgan fingerprint density at radius 2 is 0.627 bits per heavy atom. The lowest BCUT2D eigenvalue weighted by molar-refractivity contribution is -0.143. The van der Waals surface area contributed by atoms with Crippen LogP contribution in [0.1, 0.15) is 393 Å². The van der Waals surface area contributed by atoms with Crippen LogP contribution in [0.15, 0.2) is 12.2 Å². The molecule has 0 bridgehead atoms. The van der Waals surface area contributed by atoms with Crippen molar-refractivity contribution in [3.05, 3.63) is 12.2 Å². The number of ether oxygens (including phenoxy) is 1. The van der Waals surface area contributed by atoms with Gasteiger partial charge in [0.2, 0.25) is 5.91 Å². The smallest absolute Gasteiger partial charge is 0.305 e. The Kier molecular flexibility index (Phi) is 63.9. The van der Waals surface area contributed by atoms with Crippen molar-refractivity contribution in [2.24, 2.45) is 0 Å². The van der Waals surface area contributed by atoms with Crippen LogP contribution in [0.25, 0.3) is 0 Å². The second-order valence-corrected chi connectivity index (χ2v) is 23.9. The Labute approximate surface area is 469 Å². The van der Waals surface area contributed by atoms with Gasteiger partial charge in [0.25, 0.3) is 0 Å². The zero-order valence-electron chi connectivity index (χ0n) is 51.1. The van der Waals surface area contributed by atoms with Gasteiger partial charge in [-0.3, -0.25) is 9.59 Å². The summed E-state index contributed by atoms with van der Waals surface area (Å²) in [7, 11) is 0. The molecule has 0 spiro atoms. The molecule has 0 saturated carbocycles. The predicted octanol–water partition coefficient (Wildman–Crippen LogP) is 22.0. The van der Waals surface area contributed by atoms with E-state index in [1.807, 2.05) is 0 Å². The topological polar surface area (TPSA) is 95.9 Å². The monoisotopic (exact) mass is 1060 g/mol. The van der Waals surface area contributed by atoms with Gasteiger partial charge in [0.15, 0.2) is 0 Å². The number of aliphatic hydroxyl groups is 2. The molecule has 6 nitrogen and oxygen atoms in total. The van der Waals surface area contributed by atoms with Crippen LogP contribution in [0.5, 0.6) is 0 Å². The fourth-order valence-corrected chi connectivity index (χ4v) is 11.1. The third-order valence-corrected chi connectivity index (χ3v) is 16.3. The van der Waals surface area contributed by atoms with E-state index in [9.17, 15) is 19.8 Å². The molecule has 3 N–H and O–H groups in total. The molecule has 0 fully saturated rings. The van der Waals surface area contributed by atoms with Gasteiger partial charge >= 0.3 is 5.97 Å². The van der Waals surface area contributed by atoms with Crippen molar-refractivity contribution in [1.29, 1.82) is 0 Å². The first-order valence-corrected chi connectivity index (χ1v) is 34.4. The largest absolute Gasteiger partial charge is 0.466 e. The van der Waals surface area contributed by atoms with Gasteiger partial charge in [-0.25, -0.2) is 0 Å². The Hall–Kier alpha value is -1.40. The first kappa shape index (κ1) is 73.6. The number of rotatable bonds is 65. The lowest BCUT2D eigenvalue weighted by Gasteiger charge is -2.22. The number of hydrogen-bond donors (Lipinski definition) is 3. The first-order chi connectivity index (χ1) is 37.0. The number of aliphatic hydroxyl groups excluding tert-OH is 2. The summed E-state index contributed by atoms with van der Waals surface area (Å²) in [6.07, 6.45) is 79.6. The van der Waals surface area contributed by atoms with Crippen molar-refractivity contribution < 1.29 is 24.5 Å². The maximum absolute atomic E-state index is 12.5. The summed E-state index contributed by atoms with van der Waals surface area (Å²) < 4.78 is 5.48. The highest BCUT2D eigenvalue weighted by Crippen LogP contribution is 2.19. The van der Waals surface area contributed by atoms with Crippen molar-refractivity contribution in [2.75, 3.05) is 13.2 Å². The molecule has 0 heterocycles. The van der Waals surface area contributed by atoms with Crippen molar-refractivity contribution in [3.63, 3.8) is 0 Å². The van der Waals surface area contributed by atoms with Crippen LogP contribution >= 0.6 is 0 Å². The molecule has 0 saturated heterocycles. The number of carbonyl (C=O) groups excluding carboxylic acids is 2. The van der Waals surface area contributed by atoms with E-state index in [-0.39, 0.29) is 18.5 Å². The molecule has 0 aromatic carbocycles. The molecule has 0 aliphatic heterocycles. The number of amides is 1. The molecule has 0 radical (unpaired) electrons. The number of hydrogen-bond acceptors (Lipinski definition) is 5. The Morgan fingerprint density at radius 3 is 0.947 bits per heavy atom. The molecule has 0 aromatic heterocycles. The normalized spacial score (nSPS) is 12.5. The van der Waals surface area contributed by atoms with Crippen LogP contribution in [-0.2, 0) is 14.3 Å². The number of nitrogens with one attached hydrogen (secondary N) is 1. The van der Waals surface area contributed by atoms with E-state index in [1.165, 1.54) is 315 Å². The van der Waals surface area contributed by atoms with Crippen molar-refractivity contribution in [1.82, 2.24) is 5.32 Å². The van der Waals surface area contributed by atoms with Gasteiger partial charge < -0.3 is 20.3 Å². The second-order valence-electron chi connectivity index (χ2n) is 23.9. The molecule has 0 aromatic rings. The third-order valence-electron chi connectivity index (χ3n) is 16.3. The summed E-state index contributed by atoms with van der Waals surface area (Å²) >= 11 is 0. The minimum atomic E-state index is -0.665. The summed E-state index contributed by atoms with van der Waals surface area (Å²) in [4.78, 5) is 24.6. The Balaban J connectivity index is 3.38. The Morgan fingerprint density at radius 1 is 0.360 bits per heavy atom. The zero-order chi connectivity index (χ0) is 54.3. The van der Waals surface area contributed by atoms with Crippen LogP contribution < -0.4 is 5.32 Å². The molecular weight excluding hydrogens is 923 g/mol. The van der Waals surface area contributed by atoms with Crippen LogP contribution in [0, 0.1) is 0 Å². The van der Waals surface area contributed by atoms with Gasteiger partial charge in [0.05, 0.1) is 25.4 Å². The van der Waals surface area contributed by atoms with Gasteiger partial charge in [0.1, 0.15) is 0 Å². The first-order valence-electron chi connectivity index (χ1n) is 34.4. The molecule has 1 amide bonds. The van der Waals surface area contributed by atoms with Gasteiger partial charge in [0, 0.05) is 12.8 Å². The van der Waals surface area contributed by atoms with E-state index in [0.717, 1.165) is 44.9 Å². The van der Waals surface area contributed by atoms with Crippen LogP contribution in [-0.4, -0.2) is 47.4 Å². The van der Waals surface area contributed by atoms with Crippen molar-refractivity contribution in [2.45, 2.75) is 405 Å². The molecule has 2 atom stereocenters. The van der Waals surface area contributed by atoms with E-state index in [1.54, 1.807) is 0 Å². The summed E-state index contributed by atoms with van der Waals surface area (Å²) in [6.45, 7) is 4.98. The lowest BCUT2D eigenvalue weighted by atomic mass is 10.0. The predicted molar refractivity (Wildman–Crippen MR) is 329 cm³/mol. The fraction of sp³-hybridized carbons (Fsp3) is 0.942. The number of unbranched alkanes of at least 4 members (excludes halogenated alkanes) is 52. The van der Waals surface area contributed by atoms with E-state index in [2.05, 4.69) is 31.3 Å². The molecule has 75 heavy (non-hydrogen) atoms. The summed E-state index contributed by atoms with van der Waals surface area (Å²) in [5.74, 6) is -0.0245. The third kappa shape index (κ3) is 61.7. The average molecular weight is 1060 g/mol. The number of allylic oxidation sites excluding steroid dienone is 2. The second kappa shape index (κ2) is 65.1. The van der Waals surface area contributed by atoms with Crippen LogP contribution in [0.3, 0.4) is 0 Å². The molecule has 2 unspecified atom stereocenters. The maximum atomic E-state index is 12.5. The molecule has 6 heteroatoms. The van der Waals surface area contributed by atoms with Gasteiger partial charge in [-0.15, -0.1) is 0 Å². The zero-order valence-corrected chi connectivity index (χ0v) is 51.1. The standard InChI is InChI=1S/C69H135NO5/c1-3-5-7-9-11-13-15-17-19-20-21-22-25-28-31-34-37-41-45-49-53-57-61-67(72)66(65-71)70-68(73)62-58-54-50-46-42-38-35-32-29-26-23-24-27-30-33-36-40-44-48-52-56-60-64-75-69(74)63-59-55-51-47-43-39-18-16-14-12-10-8-6-4-2/h16,18,66-67,71-72H,3-15,17,19-65H2,1-2H3,(H,70,73)/b18-16-. The fourth-order valence-electron chi connectivity index (χ4n) is 11.1.